The third-order valence-corrected chi connectivity index (χ3v) is 6.47. The Morgan fingerprint density at radius 3 is 2.69 bits per heavy atom. The van der Waals surface area contributed by atoms with Gasteiger partial charge in [-0.15, -0.1) is 0 Å². The second-order valence-electron chi connectivity index (χ2n) is 8.16. The summed E-state index contributed by atoms with van der Waals surface area (Å²) in [6.45, 7) is 2.25. The van der Waals surface area contributed by atoms with Gasteiger partial charge in [0.05, 0.1) is 5.69 Å². The molecule has 148 valence electrons. The van der Waals surface area contributed by atoms with E-state index in [9.17, 15) is 4.79 Å². The van der Waals surface area contributed by atoms with E-state index < -0.39 is 0 Å². The van der Waals surface area contributed by atoms with Gasteiger partial charge in [-0.3, -0.25) is 9.88 Å². The highest BCUT2D eigenvalue weighted by molar-refractivity contribution is 6.01. The van der Waals surface area contributed by atoms with E-state index in [4.69, 9.17) is 0 Å². The highest BCUT2D eigenvalue weighted by Crippen LogP contribution is 2.34. The molecule has 2 atom stereocenters. The molecule has 1 aromatic heterocycles. The molecule has 3 saturated heterocycles. The number of carbonyl (C=O) groups excluding carboxylic acids is 1. The zero-order valence-electron chi connectivity index (χ0n) is 16.4. The van der Waals surface area contributed by atoms with Crippen LogP contribution in [0.4, 0.5) is 10.5 Å². The molecule has 3 aliphatic rings. The van der Waals surface area contributed by atoms with Crippen LogP contribution in [0.25, 0.3) is 10.8 Å². The van der Waals surface area contributed by atoms with E-state index >= 15 is 0 Å². The first-order chi connectivity index (χ1) is 14.3. The van der Waals surface area contributed by atoms with Crippen molar-refractivity contribution in [3.63, 3.8) is 0 Å². The van der Waals surface area contributed by atoms with Gasteiger partial charge in [-0.25, -0.2) is 4.79 Å². The van der Waals surface area contributed by atoms with Crippen molar-refractivity contribution in [2.75, 3.05) is 18.4 Å². The lowest BCUT2D eigenvalue weighted by Gasteiger charge is -2.51. The molecule has 5 heteroatoms. The van der Waals surface area contributed by atoms with Crippen LogP contribution < -0.4 is 10.6 Å². The number of hydrogen-bond donors (Lipinski definition) is 2. The number of benzene rings is 2. The van der Waals surface area contributed by atoms with Crippen LogP contribution in [-0.4, -0.2) is 41.1 Å². The van der Waals surface area contributed by atoms with Crippen LogP contribution in [0.2, 0.25) is 0 Å². The van der Waals surface area contributed by atoms with E-state index in [2.05, 4.69) is 38.7 Å². The lowest BCUT2D eigenvalue weighted by atomic mass is 9.77. The zero-order valence-corrected chi connectivity index (χ0v) is 16.4. The minimum atomic E-state index is -0.115. The first-order valence-corrected chi connectivity index (χ1v) is 10.5. The Kier molecular flexibility index (Phi) is 4.90. The summed E-state index contributed by atoms with van der Waals surface area (Å²) in [4.78, 5) is 19.7. The number of anilines is 1. The van der Waals surface area contributed by atoms with Crippen LogP contribution in [-0.2, 0) is 6.42 Å². The predicted octanol–water partition coefficient (Wildman–Crippen LogP) is 4.06. The Morgan fingerprint density at radius 2 is 1.86 bits per heavy atom. The van der Waals surface area contributed by atoms with E-state index in [0.717, 1.165) is 48.8 Å². The summed E-state index contributed by atoms with van der Waals surface area (Å²) in [5, 5.41) is 8.61. The van der Waals surface area contributed by atoms with Gasteiger partial charge in [0.25, 0.3) is 0 Å². The summed E-state index contributed by atoms with van der Waals surface area (Å²) in [6, 6.07) is 18.6. The second kappa shape index (κ2) is 7.84. The van der Waals surface area contributed by atoms with Crippen LogP contribution >= 0.6 is 0 Å². The van der Waals surface area contributed by atoms with E-state index in [1.807, 2.05) is 48.8 Å². The van der Waals surface area contributed by atoms with Crippen LogP contribution in [0.5, 0.6) is 0 Å². The number of rotatable bonds is 4. The first-order valence-electron chi connectivity index (χ1n) is 10.5. The molecule has 6 rings (SSSR count). The Morgan fingerprint density at radius 1 is 1.03 bits per heavy atom. The molecule has 0 aliphatic carbocycles. The molecular formula is C24H26N4O. The van der Waals surface area contributed by atoms with Crippen molar-refractivity contribution in [2.45, 2.75) is 31.3 Å². The average Bonchev–Trinajstić information content (AvgIpc) is 2.77. The van der Waals surface area contributed by atoms with E-state index in [0.29, 0.717) is 12.0 Å². The normalized spacial score (nSPS) is 25.7. The third kappa shape index (κ3) is 3.70. The molecule has 0 spiro atoms. The van der Waals surface area contributed by atoms with Crippen molar-refractivity contribution in [1.29, 1.82) is 0 Å². The quantitative estimate of drug-likeness (QED) is 0.711. The molecule has 29 heavy (non-hydrogen) atoms. The van der Waals surface area contributed by atoms with Gasteiger partial charge < -0.3 is 10.6 Å². The fourth-order valence-electron chi connectivity index (χ4n) is 5.03. The SMILES string of the molecule is O=C(Nc1cccc2ccccc12)N[C@H]1C2CCN(CC2)[C@@H]1Cc1cccnc1. The fourth-order valence-corrected chi connectivity index (χ4v) is 5.03. The number of amides is 2. The minimum absolute atomic E-state index is 0.115. The van der Waals surface area contributed by atoms with E-state index in [1.54, 1.807) is 0 Å². The molecule has 0 unspecified atom stereocenters. The molecule has 4 heterocycles. The number of nitrogens with one attached hydrogen (secondary N) is 2. The smallest absolute Gasteiger partial charge is 0.319 e. The number of pyridine rings is 1. The first kappa shape index (κ1) is 18.1. The van der Waals surface area contributed by atoms with E-state index in [1.165, 1.54) is 5.56 Å². The maximum atomic E-state index is 12.9. The highest BCUT2D eigenvalue weighted by atomic mass is 16.2. The number of piperidine rings is 3. The molecule has 3 aliphatic heterocycles. The number of fused-ring (bicyclic) bond motifs is 4. The van der Waals surface area contributed by atoms with Crippen molar-refractivity contribution in [3.05, 3.63) is 72.6 Å². The molecule has 2 amide bonds. The Labute approximate surface area is 171 Å². The molecule has 3 aromatic rings. The summed E-state index contributed by atoms with van der Waals surface area (Å²) < 4.78 is 0. The van der Waals surface area contributed by atoms with Crippen LogP contribution in [0.3, 0.4) is 0 Å². The lowest BCUT2D eigenvalue weighted by Crippen LogP contribution is -2.64. The van der Waals surface area contributed by atoms with Crippen molar-refractivity contribution in [2.24, 2.45) is 5.92 Å². The molecule has 2 aromatic carbocycles. The highest BCUT2D eigenvalue weighted by Gasteiger charge is 2.42. The predicted molar refractivity (Wildman–Crippen MR) is 116 cm³/mol. The standard InChI is InChI=1S/C24H26N4O/c29-24(26-21-9-3-7-18-6-1-2-8-20(18)21)27-23-19-10-13-28(14-11-19)22(23)15-17-5-4-12-25-16-17/h1-9,12,16,19,22-23H,10-11,13-15H2,(H2,26,27,29)/t22-,23+/m1/s1. The summed E-state index contributed by atoms with van der Waals surface area (Å²) in [6.07, 6.45) is 6.98. The molecule has 2 N–H and O–H groups in total. The van der Waals surface area contributed by atoms with Gasteiger partial charge in [0.1, 0.15) is 0 Å². The fraction of sp³-hybridized carbons (Fsp3) is 0.333. The summed E-state index contributed by atoms with van der Waals surface area (Å²) in [5.74, 6) is 0.542. The number of carbonyl (C=O) groups is 1. The number of aromatic nitrogens is 1. The van der Waals surface area contributed by atoms with Crippen LogP contribution in [0.1, 0.15) is 18.4 Å². The number of urea groups is 1. The van der Waals surface area contributed by atoms with E-state index in [-0.39, 0.29) is 12.1 Å². The summed E-state index contributed by atoms with van der Waals surface area (Å²) in [5.41, 5.74) is 2.08. The maximum Gasteiger partial charge on any atom is 0.319 e. The van der Waals surface area contributed by atoms with Gasteiger partial charge in [-0.2, -0.15) is 0 Å². The number of hydrogen-bond acceptors (Lipinski definition) is 3. The maximum absolute atomic E-state index is 12.9. The van der Waals surface area contributed by atoms with Crippen LogP contribution in [0.15, 0.2) is 67.0 Å². The number of nitrogens with zero attached hydrogens (tertiary/aromatic N) is 2. The van der Waals surface area contributed by atoms with Crippen molar-refractivity contribution in [1.82, 2.24) is 15.2 Å². The lowest BCUT2D eigenvalue weighted by molar-refractivity contribution is 0.0184. The third-order valence-electron chi connectivity index (χ3n) is 6.47. The molecule has 2 bridgehead atoms. The summed E-state index contributed by atoms with van der Waals surface area (Å²) >= 11 is 0. The largest absolute Gasteiger partial charge is 0.333 e. The average molecular weight is 386 g/mol. The van der Waals surface area contributed by atoms with Crippen molar-refractivity contribution >= 4 is 22.5 Å². The monoisotopic (exact) mass is 386 g/mol. The van der Waals surface area contributed by atoms with Crippen molar-refractivity contribution < 1.29 is 4.79 Å². The Balaban J connectivity index is 1.34. The van der Waals surface area contributed by atoms with Gasteiger partial charge in [0.15, 0.2) is 0 Å². The van der Waals surface area contributed by atoms with Gasteiger partial charge in [0, 0.05) is 29.9 Å². The second-order valence-corrected chi connectivity index (χ2v) is 8.16. The molecule has 0 radical (unpaired) electrons. The van der Waals surface area contributed by atoms with Crippen molar-refractivity contribution in [3.8, 4) is 0 Å². The Hall–Kier alpha value is -2.92. The van der Waals surface area contributed by atoms with Gasteiger partial charge in [-0.05, 0) is 61.4 Å². The molecule has 5 nitrogen and oxygen atoms in total. The van der Waals surface area contributed by atoms with Gasteiger partial charge in [0.2, 0.25) is 0 Å². The summed E-state index contributed by atoms with van der Waals surface area (Å²) in [7, 11) is 0. The Bertz CT molecular complexity index is 993. The topological polar surface area (TPSA) is 57.3 Å². The van der Waals surface area contributed by atoms with Gasteiger partial charge >= 0.3 is 6.03 Å². The minimum Gasteiger partial charge on any atom is -0.333 e. The molecular weight excluding hydrogens is 360 g/mol. The zero-order chi connectivity index (χ0) is 19.6. The molecule has 0 saturated carbocycles. The molecule has 3 fully saturated rings. The van der Waals surface area contributed by atoms with Gasteiger partial charge in [-0.1, -0.05) is 42.5 Å². The van der Waals surface area contributed by atoms with Crippen LogP contribution in [0, 0.1) is 5.92 Å².